The van der Waals surface area contributed by atoms with Crippen LogP contribution in [0.15, 0.2) is 71.4 Å². The van der Waals surface area contributed by atoms with Crippen LogP contribution in [0.5, 0.6) is 5.75 Å². The number of nitrogens with one attached hydrogen (secondary N) is 1. The van der Waals surface area contributed by atoms with E-state index < -0.39 is 6.10 Å². The second-order valence-electron chi connectivity index (χ2n) is 6.43. The molecule has 1 aromatic heterocycles. The van der Waals surface area contributed by atoms with Crippen molar-refractivity contribution < 1.29 is 14.6 Å². The van der Waals surface area contributed by atoms with E-state index in [2.05, 4.69) is 17.0 Å². The standard InChI is InChI=1S/C23H25ClN2O3S/c1-16(5-4-12-25-3)6-11-23(28)26-13-14-29-20-8-7-18(15-19(20)24)22-10-9-21(30-22)17(2)27/h4-12,15,17,27H,3,13-14H2,1-2H3,(H,26,28)/b11-6+,12-4-,16-5+. The molecular formula is C23H25ClN2O3S. The van der Waals surface area contributed by atoms with Crippen LogP contribution in [0.2, 0.25) is 5.02 Å². The number of carbonyl (C=O) groups is 1. The Hall–Kier alpha value is -2.67. The van der Waals surface area contributed by atoms with Crippen LogP contribution >= 0.6 is 22.9 Å². The van der Waals surface area contributed by atoms with Crippen molar-refractivity contribution in [3.8, 4) is 16.2 Å². The average Bonchev–Trinajstić information content (AvgIpc) is 3.21. The molecule has 2 rings (SSSR count). The molecule has 0 fully saturated rings. The number of aliphatic hydroxyl groups is 1. The van der Waals surface area contributed by atoms with Gasteiger partial charge in [-0.05, 0) is 62.5 Å². The number of carbonyl (C=O) groups excluding carboxylic acids is 1. The molecule has 1 aromatic carbocycles. The Labute approximate surface area is 186 Å². The molecule has 1 heterocycles. The third-order valence-corrected chi connectivity index (χ3v) is 5.56. The minimum absolute atomic E-state index is 0.203. The van der Waals surface area contributed by atoms with E-state index in [9.17, 15) is 9.90 Å². The number of halogens is 1. The van der Waals surface area contributed by atoms with E-state index in [1.54, 1.807) is 31.3 Å². The van der Waals surface area contributed by atoms with Crippen LogP contribution in [-0.2, 0) is 4.79 Å². The molecule has 0 spiro atoms. The molecule has 0 aliphatic rings. The molecule has 30 heavy (non-hydrogen) atoms. The van der Waals surface area contributed by atoms with Gasteiger partial charge in [0.2, 0.25) is 5.91 Å². The Bertz CT molecular complexity index is 961. The Morgan fingerprint density at radius 3 is 2.83 bits per heavy atom. The van der Waals surface area contributed by atoms with E-state index in [0.717, 1.165) is 20.9 Å². The van der Waals surface area contributed by atoms with Gasteiger partial charge in [-0.3, -0.25) is 9.79 Å². The zero-order chi connectivity index (χ0) is 21.9. The Kier molecular flexibility index (Phi) is 9.54. The van der Waals surface area contributed by atoms with Crippen molar-refractivity contribution in [3.05, 3.63) is 76.3 Å². The summed E-state index contributed by atoms with van der Waals surface area (Å²) in [7, 11) is 0. The lowest BCUT2D eigenvalue weighted by Crippen LogP contribution is -2.26. The van der Waals surface area contributed by atoms with E-state index in [4.69, 9.17) is 16.3 Å². The largest absolute Gasteiger partial charge is 0.490 e. The molecule has 7 heteroatoms. The zero-order valence-electron chi connectivity index (χ0n) is 17.0. The minimum Gasteiger partial charge on any atom is -0.490 e. The fourth-order valence-corrected chi connectivity index (χ4v) is 3.59. The number of hydrogen-bond acceptors (Lipinski definition) is 5. The van der Waals surface area contributed by atoms with E-state index in [1.807, 2.05) is 37.3 Å². The molecule has 0 radical (unpaired) electrons. The first-order chi connectivity index (χ1) is 14.4. The number of aliphatic hydroxyl groups excluding tert-OH is 1. The van der Waals surface area contributed by atoms with Crippen molar-refractivity contribution in [2.75, 3.05) is 13.2 Å². The lowest BCUT2D eigenvalue weighted by molar-refractivity contribution is -0.116. The number of ether oxygens (including phenoxy) is 1. The lowest BCUT2D eigenvalue weighted by Gasteiger charge is -2.09. The summed E-state index contributed by atoms with van der Waals surface area (Å²) in [5.41, 5.74) is 1.88. The highest BCUT2D eigenvalue weighted by atomic mass is 35.5. The van der Waals surface area contributed by atoms with Gasteiger partial charge in [-0.25, -0.2) is 0 Å². The Balaban J connectivity index is 1.82. The first-order valence-electron chi connectivity index (χ1n) is 9.36. The molecule has 1 atom stereocenters. The Morgan fingerprint density at radius 2 is 2.17 bits per heavy atom. The molecular weight excluding hydrogens is 420 g/mol. The number of allylic oxidation sites excluding steroid dienone is 4. The maximum atomic E-state index is 11.8. The smallest absolute Gasteiger partial charge is 0.244 e. The quantitative estimate of drug-likeness (QED) is 0.225. The number of aliphatic imine (C=N–C) groups is 1. The number of hydrogen-bond donors (Lipinski definition) is 2. The topological polar surface area (TPSA) is 70.9 Å². The van der Waals surface area contributed by atoms with Crippen LogP contribution in [0.1, 0.15) is 24.8 Å². The molecule has 0 bridgehead atoms. The second-order valence-corrected chi connectivity index (χ2v) is 7.95. The SMILES string of the molecule is C=N\C=C/C=C(C)/C=C/C(=O)NCCOc1ccc(-c2ccc(C(C)O)s2)cc1Cl. The van der Waals surface area contributed by atoms with Gasteiger partial charge < -0.3 is 15.2 Å². The summed E-state index contributed by atoms with van der Waals surface area (Å²) in [5.74, 6) is 0.351. The molecule has 2 N–H and O–H groups in total. The summed E-state index contributed by atoms with van der Waals surface area (Å²) in [6.45, 7) is 7.63. The van der Waals surface area contributed by atoms with Gasteiger partial charge in [0.25, 0.3) is 0 Å². The number of amides is 1. The van der Waals surface area contributed by atoms with Gasteiger partial charge in [0.05, 0.1) is 17.7 Å². The first-order valence-corrected chi connectivity index (χ1v) is 10.6. The van der Waals surface area contributed by atoms with Gasteiger partial charge in [-0.1, -0.05) is 29.3 Å². The van der Waals surface area contributed by atoms with Crippen molar-refractivity contribution in [3.63, 3.8) is 0 Å². The van der Waals surface area contributed by atoms with Gasteiger partial charge in [0.15, 0.2) is 0 Å². The summed E-state index contributed by atoms with van der Waals surface area (Å²) in [5, 5.41) is 12.9. The molecule has 1 unspecified atom stereocenters. The van der Waals surface area contributed by atoms with Crippen molar-refractivity contribution in [2.45, 2.75) is 20.0 Å². The van der Waals surface area contributed by atoms with Gasteiger partial charge in [-0.2, -0.15) is 0 Å². The van der Waals surface area contributed by atoms with Gasteiger partial charge in [0, 0.05) is 22.0 Å². The van der Waals surface area contributed by atoms with E-state index >= 15 is 0 Å². The Morgan fingerprint density at radius 1 is 1.37 bits per heavy atom. The summed E-state index contributed by atoms with van der Waals surface area (Å²) < 4.78 is 5.67. The average molecular weight is 445 g/mol. The number of thiophene rings is 1. The van der Waals surface area contributed by atoms with Gasteiger partial charge in [-0.15, -0.1) is 11.3 Å². The molecule has 0 saturated heterocycles. The van der Waals surface area contributed by atoms with Crippen LogP contribution in [0, 0.1) is 0 Å². The summed E-state index contributed by atoms with van der Waals surface area (Å²) >= 11 is 7.86. The maximum absolute atomic E-state index is 11.8. The van der Waals surface area contributed by atoms with Crippen LogP contribution in [0.4, 0.5) is 0 Å². The zero-order valence-corrected chi connectivity index (χ0v) is 18.5. The molecule has 158 valence electrons. The molecule has 0 aliphatic heterocycles. The summed E-state index contributed by atoms with van der Waals surface area (Å²) in [4.78, 5) is 17.4. The number of rotatable bonds is 10. The number of benzene rings is 1. The van der Waals surface area contributed by atoms with Crippen molar-refractivity contribution in [1.29, 1.82) is 0 Å². The monoisotopic (exact) mass is 444 g/mol. The molecule has 0 aliphatic carbocycles. The third kappa shape index (κ3) is 7.63. The van der Waals surface area contributed by atoms with E-state index in [-0.39, 0.29) is 5.91 Å². The van der Waals surface area contributed by atoms with Crippen LogP contribution in [-0.4, -0.2) is 30.9 Å². The normalized spacial score (nSPS) is 13.0. The molecule has 0 saturated carbocycles. The first kappa shape index (κ1) is 23.6. The molecule has 2 aromatic rings. The highest BCUT2D eigenvalue weighted by molar-refractivity contribution is 7.15. The highest BCUT2D eigenvalue weighted by Crippen LogP contribution is 2.35. The highest BCUT2D eigenvalue weighted by Gasteiger charge is 2.09. The fraction of sp³-hybridized carbons (Fsp3) is 0.217. The van der Waals surface area contributed by atoms with Crippen LogP contribution in [0.3, 0.4) is 0 Å². The van der Waals surface area contributed by atoms with E-state index in [0.29, 0.717) is 23.9 Å². The second kappa shape index (κ2) is 12.1. The maximum Gasteiger partial charge on any atom is 0.244 e. The predicted molar refractivity (Wildman–Crippen MR) is 125 cm³/mol. The predicted octanol–water partition coefficient (Wildman–Crippen LogP) is 5.33. The molecule has 5 nitrogen and oxygen atoms in total. The molecule has 1 amide bonds. The third-order valence-electron chi connectivity index (χ3n) is 3.96. The number of nitrogens with zero attached hydrogens (tertiary/aromatic N) is 1. The summed E-state index contributed by atoms with van der Waals surface area (Å²) in [6, 6.07) is 9.44. The van der Waals surface area contributed by atoms with Crippen molar-refractivity contribution in [2.24, 2.45) is 4.99 Å². The summed E-state index contributed by atoms with van der Waals surface area (Å²) in [6.07, 6.45) is 7.84. The fourth-order valence-electron chi connectivity index (χ4n) is 2.42. The van der Waals surface area contributed by atoms with Gasteiger partial charge >= 0.3 is 0 Å². The lowest BCUT2D eigenvalue weighted by atomic mass is 10.2. The van der Waals surface area contributed by atoms with Crippen LogP contribution < -0.4 is 10.1 Å². The van der Waals surface area contributed by atoms with E-state index in [1.165, 1.54) is 17.4 Å². The van der Waals surface area contributed by atoms with Crippen molar-refractivity contribution in [1.82, 2.24) is 5.32 Å². The van der Waals surface area contributed by atoms with Crippen molar-refractivity contribution >= 4 is 35.6 Å². The minimum atomic E-state index is -0.488. The van der Waals surface area contributed by atoms with Crippen LogP contribution in [0.25, 0.3) is 10.4 Å². The van der Waals surface area contributed by atoms with Gasteiger partial charge in [0.1, 0.15) is 12.4 Å².